The average molecular weight is 293 g/mol. The summed E-state index contributed by atoms with van der Waals surface area (Å²) in [6.07, 6.45) is 6.79. The molecule has 3 rings (SSSR count). The minimum atomic E-state index is 0.0298. The molecular weight excluding hydrogens is 274 g/mol. The summed E-state index contributed by atoms with van der Waals surface area (Å²) >= 11 is 0. The monoisotopic (exact) mass is 293 g/mol. The molecule has 0 N–H and O–H groups in total. The number of rotatable bonds is 5. The van der Waals surface area contributed by atoms with Crippen molar-refractivity contribution in [2.75, 3.05) is 5.01 Å². The molecule has 1 aliphatic heterocycles. The predicted molar refractivity (Wildman–Crippen MR) is 87.9 cm³/mol. The minimum Gasteiger partial charge on any atom is -0.272 e. The molecule has 0 aliphatic carbocycles. The predicted octanol–water partition coefficient (Wildman–Crippen LogP) is 3.37. The topological polar surface area (TPSA) is 45.6 Å². The van der Waals surface area contributed by atoms with Gasteiger partial charge in [-0.2, -0.15) is 5.10 Å². The van der Waals surface area contributed by atoms with Crippen molar-refractivity contribution in [2.24, 2.45) is 5.10 Å². The Hall–Kier alpha value is -2.49. The van der Waals surface area contributed by atoms with E-state index in [1.54, 1.807) is 6.20 Å². The number of pyridine rings is 1. The van der Waals surface area contributed by atoms with Crippen LogP contribution in [0.4, 0.5) is 5.69 Å². The van der Waals surface area contributed by atoms with Crippen LogP contribution in [0.3, 0.4) is 0 Å². The lowest BCUT2D eigenvalue weighted by molar-refractivity contribution is -0.116. The molecule has 4 nitrogen and oxygen atoms in total. The van der Waals surface area contributed by atoms with Gasteiger partial charge in [-0.05, 0) is 35.7 Å². The van der Waals surface area contributed by atoms with Gasteiger partial charge in [0.1, 0.15) is 0 Å². The normalized spacial score (nSPS) is 14.3. The molecule has 2 aromatic rings. The third-order valence-electron chi connectivity index (χ3n) is 3.68. The zero-order valence-electron chi connectivity index (χ0n) is 12.7. The summed E-state index contributed by atoms with van der Waals surface area (Å²) in [5.41, 5.74) is 4.09. The molecule has 0 unspecified atom stereocenters. The number of amides is 1. The van der Waals surface area contributed by atoms with Crippen LogP contribution in [-0.2, 0) is 17.6 Å². The first-order valence-corrected chi connectivity index (χ1v) is 7.63. The maximum atomic E-state index is 12.2. The molecule has 1 aromatic heterocycles. The van der Waals surface area contributed by atoms with Gasteiger partial charge in [0.25, 0.3) is 5.91 Å². The Balaban J connectivity index is 1.75. The van der Waals surface area contributed by atoms with E-state index >= 15 is 0 Å². The third kappa shape index (κ3) is 3.22. The van der Waals surface area contributed by atoms with E-state index in [0.29, 0.717) is 12.8 Å². The minimum absolute atomic E-state index is 0.0298. The first kappa shape index (κ1) is 14.4. The summed E-state index contributed by atoms with van der Waals surface area (Å²) < 4.78 is 0. The molecule has 22 heavy (non-hydrogen) atoms. The second kappa shape index (κ2) is 6.52. The van der Waals surface area contributed by atoms with Gasteiger partial charge in [-0.25, -0.2) is 5.01 Å². The highest BCUT2D eigenvalue weighted by molar-refractivity contribution is 6.13. The quantitative estimate of drug-likeness (QED) is 0.848. The van der Waals surface area contributed by atoms with E-state index in [9.17, 15) is 4.79 Å². The van der Waals surface area contributed by atoms with Crippen LogP contribution >= 0.6 is 0 Å². The van der Waals surface area contributed by atoms with Gasteiger partial charge in [-0.1, -0.05) is 31.5 Å². The largest absolute Gasteiger partial charge is 0.272 e. The molecule has 0 saturated carbocycles. The molecule has 1 aromatic carbocycles. The van der Waals surface area contributed by atoms with Crippen molar-refractivity contribution in [2.45, 2.75) is 32.6 Å². The zero-order valence-corrected chi connectivity index (χ0v) is 12.7. The number of carbonyl (C=O) groups excluding carboxylic acids is 1. The number of nitrogens with zero attached hydrogens (tertiary/aromatic N) is 3. The highest BCUT2D eigenvalue weighted by Gasteiger charge is 2.25. The molecule has 0 fully saturated rings. The van der Waals surface area contributed by atoms with Crippen LogP contribution in [0.1, 0.15) is 30.9 Å². The maximum Gasteiger partial charge on any atom is 0.253 e. The lowest BCUT2D eigenvalue weighted by Gasteiger charge is -2.12. The fourth-order valence-electron chi connectivity index (χ4n) is 2.61. The number of carbonyl (C=O) groups is 1. The van der Waals surface area contributed by atoms with Crippen LogP contribution in [0.25, 0.3) is 0 Å². The van der Waals surface area contributed by atoms with E-state index < -0.39 is 0 Å². The number of benzene rings is 1. The summed E-state index contributed by atoms with van der Waals surface area (Å²) in [7, 11) is 0. The van der Waals surface area contributed by atoms with E-state index in [-0.39, 0.29) is 5.91 Å². The van der Waals surface area contributed by atoms with Crippen molar-refractivity contribution >= 4 is 17.3 Å². The molecule has 0 saturated heterocycles. The standard InChI is InChI=1S/C18H19N3O/c1-2-4-14-6-8-17(9-7-14)21-18(22)12-16(20-21)11-15-5-3-10-19-13-15/h3,5-10,13H,2,4,11-12H2,1H3. The molecule has 4 heteroatoms. The summed E-state index contributed by atoms with van der Waals surface area (Å²) in [5, 5.41) is 6.00. The Kier molecular flexibility index (Phi) is 4.28. The highest BCUT2D eigenvalue weighted by Crippen LogP contribution is 2.22. The van der Waals surface area contributed by atoms with Gasteiger partial charge in [0, 0.05) is 18.8 Å². The second-order valence-electron chi connectivity index (χ2n) is 5.50. The summed E-state index contributed by atoms with van der Waals surface area (Å²) in [6.45, 7) is 2.16. The van der Waals surface area contributed by atoms with Crippen LogP contribution in [0.5, 0.6) is 0 Å². The Morgan fingerprint density at radius 3 is 2.64 bits per heavy atom. The Labute approximate surface area is 130 Å². The van der Waals surface area contributed by atoms with E-state index in [4.69, 9.17) is 0 Å². The van der Waals surface area contributed by atoms with Crippen molar-refractivity contribution in [3.63, 3.8) is 0 Å². The van der Waals surface area contributed by atoms with Gasteiger partial charge >= 0.3 is 0 Å². The Bertz CT molecular complexity index is 677. The molecule has 1 amide bonds. The zero-order chi connectivity index (χ0) is 15.4. The number of hydrazone groups is 1. The second-order valence-corrected chi connectivity index (χ2v) is 5.50. The van der Waals surface area contributed by atoms with Crippen LogP contribution in [0.2, 0.25) is 0 Å². The van der Waals surface area contributed by atoms with Crippen molar-refractivity contribution in [1.82, 2.24) is 4.98 Å². The molecule has 0 atom stereocenters. The van der Waals surface area contributed by atoms with Crippen LogP contribution in [0, 0.1) is 0 Å². The fourth-order valence-corrected chi connectivity index (χ4v) is 2.61. The van der Waals surface area contributed by atoms with Gasteiger partial charge in [0.05, 0.1) is 17.8 Å². The lowest BCUT2D eigenvalue weighted by Crippen LogP contribution is -2.19. The van der Waals surface area contributed by atoms with E-state index in [2.05, 4.69) is 29.1 Å². The highest BCUT2D eigenvalue weighted by atomic mass is 16.2. The summed E-state index contributed by atoms with van der Waals surface area (Å²) in [4.78, 5) is 16.3. The van der Waals surface area contributed by atoms with Gasteiger partial charge in [-0.3, -0.25) is 9.78 Å². The lowest BCUT2D eigenvalue weighted by atomic mass is 10.1. The van der Waals surface area contributed by atoms with Crippen molar-refractivity contribution in [3.8, 4) is 0 Å². The number of aryl methyl sites for hydroxylation is 1. The SMILES string of the molecule is CCCc1ccc(N2N=C(Cc3cccnc3)CC2=O)cc1. The molecule has 0 spiro atoms. The van der Waals surface area contributed by atoms with Gasteiger partial charge in [0.2, 0.25) is 0 Å². The first-order chi connectivity index (χ1) is 10.8. The van der Waals surface area contributed by atoms with Gasteiger partial charge in [0.15, 0.2) is 0 Å². The van der Waals surface area contributed by atoms with Crippen LogP contribution in [-0.4, -0.2) is 16.6 Å². The third-order valence-corrected chi connectivity index (χ3v) is 3.68. The first-order valence-electron chi connectivity index (χ1n) is 7.63. The van der Waals surface area contributed by atoms with Crippen molar-refractivity contribution < 1.29 is 4.79 Å². The van der Waals surface area contributed by atoms with Gasteiger partial charge in [-0.15, -0.1) is 0 Å². The number of hydrogen-bond acceptors (Lipinski definition) is 3. The van der Waals surface area contributed by atoms with E-state index in [0.717, 1.165) is 29.8 Å². The molecular formula is C18H19N3O. The van der Waals surface area contributed by atoms with Crippen molar-refractivity contribution in [3.05, 3.63) is 59.9 Å². The molecule has 1 aliphatic rings. The fraction of sp³-hybridized carbons (Fsp3) is 0.278. The maximum absolute atomic E-state index is 12.2. The van der Waals surface area contributed by atoms with E-state index in [1.807, 2.05) is 30.5 Å². The van der Waals surface area contributed by atoms with Crippen molar-refractivity contribution in [1.29, 1.82) is 0 Å². The average Bonchev–Trinajstić information content (AvgIpc) is 2.90. The number of hydrogen-bond donors (Lipinski definition) is 0. The molecule has 112 valence electrons. The van der Waals surface area contributed by atoms with Gasteiger partial charge < -0.3 is 0 Å². The van der Waals surface area contributed by atoms with E-state index in [1.165, 1.54) is 10.6 Å². The van der Waals surface area contributed by atoms with Crippen LogP contribution in [0.15, 0.2) is 53.9 Å². The summed E-state index contributed by atoms with van der Waals surface area (Å²) in [6, 6.07) is 12.0. The van der Waals surface area contributed by atoms with Crippen LogP contribution < -0.4 is 5.01 Å². The molecule has 0 radical (unpaired) electrons. The number of aromatic nitrogens is 1. The molecule has 0 bridgehead atoms. The molecule has 2 heterocycles. The smallest absolute Gasteiger partial charge is 0.253 e. The Morgan fingerprint density at radius 2 is 1.95 bits per heavy atom. The Morgan fingerprint density at radius 1 is 1.14 bits per heavy atom. The number of anilines is 1. The summed E-state index contributed by atoms with van der Waals surface area (Å²) in [5.74, 6) is 0.0298.